The number of aliphatic hydroxyl groups is 1. The van der Waals surface area contributed by atoms with Crippen LogP contribution < -0.4 is 4.72 Å². The number of carbonyl (C=O) groups is 4. The van der Waals surface area contributed by atoms with Gasteiger partial charge in [-0.15, -0.1) is 13.2 Å². The zero-order valence-corrected chi connectivity index (χ0v) is 29.3. The molecule has 0 bridgehead atoms. The number of rotatable bonds is 19. The van der Waals surface area contributed by atoms with E-state index >= 15 is 0 Å². The Hall–Kier alpha value is -2.64. The highest BCUT2D eigenvalue weighted by Gasteiger charge is 2.63. The lowest BCUT2D eigenvalue weighted by atomic mass is 9.81. The molecule has 3 aliphatic rings. The molecule has 13 heteroatoms. The van der Waals surface area contributed by atoms with E-state index in [1.54, 1.807) is 20.8 Å². The fourth-order valence-electron chi connectivity index (χ4n) is 6.75. The first kappa shape index (κ1) is 38.8. The van der Waals surface area contributed by atoms with Crippen LogP contribution in [0.3, 0.4) is 0 Å². The van der Waals surface area contributed by atoms with Crippen LogP contribution in [0, 0.1) is 29.1 Å². The van der Waals surface area contributed by atoms with Gasteiger partial charge in [-0.1, -0.05) is 19.1 Å². The van der Waals surface area contributed by atoms with Gasteiger partial charge in [0.2, 0.25) is 21.8 Å². The highest BCUT2D eigenvalue weighted by atomic mass is 32.2. The summed E-state index contributed by atoms with van der Waals surface area (Å²) in [6.45, 7) is 13.6. The second-order valence-corrected chi connectivity index (χ2v) is 16.9. The number of sulfonamides is 1. The van der Waals surface area contributed by atoms with Gasteiger partial charge in [-0.05, 0) is 77.0 Å². The fourth-order valence-corrected chi connectivity index (χ4v) is 8.20. The van der Waals surface area contributed by atoms with Crippen molar-refractivity contribution in [3.63, 3.8) is 0 Å². The molecule has 2 N–H and O–H groups in total. The van der Waals surface area contributed by atoms with Crippen LogP contribution in [0.25, 0.3) is 0 Å². The number of hydrogen-bond donors (Lipinski definition) is 2. The minimum atomic E-state index is -4.31. The monoisotopic (exact) mass is 684 g/mol. The van der Waals surface area contributed by atoms with Crippen LogP contribution >= 0.6 is 0 Å². The Labute approximate surface area is 278 Å². The zero-order valence-electron chi connectivity index (χ0n) is 28.5. The molecule has 1 unspecified atom stereocenters. The van der Waals surface area contributed by atoms with Gasteiger partial charge >= 0.3 is 5.97 Å². The van der Waals surface area contributed by atoms with E-state index in [1.807, 2.05) is 17.7 Å². The van der Waals surface area contributed by atoms with Crippen molar-refractivity contribution in [1.29, 1.82) is 0 Å². The quantitative estimate of drug-likeness (QED) is 0.153. The number of alkyl halides is 1. The maximum absolute atomic E-state index is 14.4. The van der Waals surface area contributed by atoms with Gasteiger partial charge in [0.1, 0.15) is 17.0 Å². The third-order valence-corrected chi connectivity index (χ3v) is 11.9. The summed E-state index contributed by atoms with van der Waals surface area (Å²) >= 11 is 0. The number of allylic oxidation sites excluding steroid dienone is 2. The zero-order chi connectivity index (χ0) is 35.4. The smallest absolute Gasteiger partial charge is 0.307 e. The second-order valence-electron chi connectivity index (χ2n) is 14.8. The number of nitrogens with zero attached hydrogens (tertiary/aromatic N) is 1. The van der Waals surface area contributed by atoms with Gasteiger partial charge in [0.15, 0.2) is 5.78 Å². The third-order valence-electron chi connectivity index (χ3n) is 9.78. The van der Waals surface area contributed by atoms with Crippen LogP contribution in [0.15, 0.2) is 25.3 Å². The van der Waals surface area contributed by atoms with Crippen molar-refractivity contribution in [2.45, 2.75) is 108 Å². The topological polar surface area (TPSA) is 156 Å². The van der Waals surface area contributed by atoms with Gasteiger partial charge < -0.3 is 19.5 Å². The van der Waals surface area contributed by atoms with Crippen LogP contribution in [0.2, 0.25) is 0 Å². The molecule has 1 heterocycles. The molecule has 2 amide bonds. The Morgan fingerprint density at radius 1 is 1.19 bits per heavy atom. The summed E-state index contributed by atoms with van der Waals surface area (Å²) in [6, 6.07) is -1.10. The minimum absolute atomic E-state index is 0.0753. The van der Waals surface area contributed by atoms with Crippen LogP contribution in [0.5, 0.6) is 0 Å². The Bertz CT molecular complexity index is 1310. The summed E-state index contributed by atoms with van der Waals surface area (Å²) in [4.78, 5) is 56.1. The van der Waals surface area contributed by atoms with Crippen molar-refractivity contribution in [3.8, 4) is 0 Å². The van der Waals surface area contributed by atoms with Crippen molar-refractivity contribution in [2.24, 2.45) is 29.1 Å². The molecule has 0 aromatic heterocycles. The number of aliphatic hydroxyl groups excluding tert-OH is 1. The molecule has 266 valence electrons. The Balaban J connectivity index is 1.87. The van der Waals surface area contributed by atoms with E-state index in [-0.39, 0.29) is 51.2 Å². The molecule has 2 aliphatic carbocycles. The van der Waals surface area contributed by atoms with E-state index in [1.165, 1.54) is 18.1 Å². The number of esters is 1. The third kappa shape index (κ3) is 9.29. The molecular weight excluding hydrogens is 631 g/mol. The number of halogens is 1. The molecule has 0 aromatic rings. The van der Waals surface area contributed by atoms with E-state index in [0.717, 1.165) is 12.8 Å². The number of ether oxygens (including phenoxy) is 2. The molecule has 47 heavy (non-hydrogen) atoms. The molecule has 0 spiro atoms. The van der Waals surface area contributed by atoms with Gasteiger partial charge in [0, 0.05) is 33.1 Å². The van der Waals surface area contributed by atoms with Crippen LogP contribution in [-0.2, 0) is 38.7 Å². The lowest BCUT2D eigenvalue weighted by molar-refractivity contribution is -0.160. The molecule has 2 saturated carbocycles. The van der Waals surface area contributed by atoms with Crippen LogP contribution in [0.4, 0.5) is 4.39 Å². The molecule has 1 aliphatic heterocycles. The number of Topliss-reactive ketones (excluding diaryl/α,β-unsaturated/α-hetero) is 1. The molecule has 11 nitrogen and oxygen atoms in total. The average molecular weight is 685 g/mol. The number of amides is 2. The molecule has 0 aromatic carbocycles. The Kier molecular flexibility index (Phi) is 12.6. The van der Waals surface area contributed by atoms with E-state index in [0.29, 0.717) is 6.42 Å². The van der Waals surface area contributed by atoms with E-state index in [9.17, 15) is 37.1 Å². The van der Waals surface area contributed by atoms with Crippen molar-refractivity contribution < 1.29 is 46.6 Å². The normalized spacial score (nSPS) is 26.9. The summed E-state index contributed by atoms with van der Waals surface area (Å²) in [5.41, 5.74) is -2.21. The Morgan fingerprint density at radius 2 is 1.85 bits per heavy atom. The first-order valence-corrected chi connectivity index (χ1v) is 18.0. The van der Waals surface area contributed by atoms with Crippen molar-refractivity contribution in [2.75, 3.05) is 26.9 Å². The first-order chi connectivity index (χ1) is 21.9. The van der Waals surface area contributed by atoms with Crippen molar-refractivity contribution >= 4 is 33.6 Å². The van der Waals surface area contributed by atoms with Gasteiger partial charge in [-0.3, -0.25) is 23.9 Å². The van der Waals surface area contributed by atoms with E-state index in [2.05, 4.69) is 13.2 Å². The van der Waals surface area contributed by atoms with Gasteiger partial charge in [0.25, 0.3) is 0 Å². The molecule has 7 atom stereocenters. The number of methoxy groups -OCH3 is 1. The highest BCUT2D eigenvalue weighted by Crippen LogP contribution is 2.57. The van der Waals surface area contributed by atoms with Gasteiger partial charge in [-0.25, -0.2) is 12.8 Å². The lowest BCUT2D eigenvalue weighted by Gasteiger charge is -2.34. The average Bonchev–Trinajstić information content (AvgIpc) is 3.89. The second kappa shape index (κ2) is 15.3. The lowest BCUT2D eigenvalue weighted by Crippen LogP contribution is -2.49. The predicted molar refractivity (Wildman–Crippen MR) is 174 cm³/mol. The maximum atomic E-state index is 14.4. The fraction of sp³-hybridized carbons (Fsp3) is 0.765. The standard InChI is InChI=1S/C34H53FN2O9S/c1-8-10-11-22(3)14-23(20-45-7)26(16-29(40)46-32(4,5)6)30(41)37-19-25(38)15-27(37)28(39)18-34(17-24(34)9-2)31(42)36-47(43,44)33(21-35)12-13-33/h8-9,22-27,38H,1-2,10-21H2,3-7H3,(H,36,42)/t22?,23-,24+,25+,26-,27-,34+/m0/s1. The number of ketones is 1. The van der Waals surface area contributed by atoms with Crippen LogP contribution in [-0.4, -0.2) is 91.4 Å². The number of nitrogens with one attached hydrogen (secondary N) is 1. The number of β-amino-alcohol motifs (C(OH)–C–C–N with tert-alkyl or cyclic N) is 1. The molecule has 0 radical (unpaired) electrons. The number of hydrogen-bond acceptors (Lipinski definition) is 9. The van der Waals surface area contributed by atoms with Crippen molar-refractivity contribution in [1.82, 2.24) is 9.62 Å². The number of likely N-dealkylation sites (tertiary alicyclic amines) is 1. The minimum Gasteiger partial charge on any atom is -0.460 e. The SMILES string of the molecule is C=CCCC(C)C[C@@H](COC)[C@H](CC(=O)OC(C)(C)C)C(=O)N1C[C@H](O)C[C@H]1C(=O)C[C@]1(C(=O)NS(=O)(=O)C2(CF)CC2)C[C@H]1C=C. The number of carbonyl (C=O) groups excluding carboxylic acids is 4. The van der Waals surface area contributed by atoms with E-state index in [4.69, 9.17) is 9.47 Å². The maximum Gasteiger partial charge on any atom is 0.307 e. The first-order valence-electron chi connectivity index (χ1n) is 16.5. The van der Waals surface area contributed by atoms with Crippen LogP contribution in [0.1, 0.15) is 85.5 Å². The summed E-state index contributed by atoms with van der Waals surface area (Å²) in [7, 11) is -2.80. The summed E-state index contributed by atoms with van der Waals surface area (Å²) in [5.74, 6) is -4.16. The molecule has 3 fully saturated rings. The summed E-state index contributed by atoms with van der Waals surface area (Å²) in [5, 5.41) is 10.7. The predicted octanol–water partition coefficient (Wildman–Crippen LogP) is 3.65. The van der Waals surface area contributed by atoms with Gasteiger partial charge in [0.05, 0.1) is 29.9 Å². The molecular formula is C34H53FN2O9S. The van der Waals surface area contributed by atoms with E-state index < -0.39 is 92.3 Å². The largest absolute Gasteiger partial charge is 0.460 e. The summed E-state index contributed by atoms with van der Waals surface area (Å²) in [6.07, 6.45) is 4.04. The highest BCUT2D eigenvalue weighted by molar-refractivity contribution is 7.91. The summed E-state index contributed by atoms with van der Waals surface area (Å²) < 4.78 is 50.7. The Morgan fingerprint density at radius 3 is 2.36 bits per heavy atom. The molecule has 1 saturated heterocycles. The molecule has 3 rings (SSSR count). The van der Waals surface area contributed by atoms with Gasteiger partial charge in [-0.2, -0.15) is 0 Å². The van der Waals surface area contributed by atoms with Crippen molar-refractivity contribution in [3.05, 3.63) is 25.3 Å².